The number of hydrogen-bond donors (Lipinski definition) is 2. The number of carbonyl (C=O) groups is 1. The normalized spacial score (nSPS) is 23.4. The third-order valence-corrected chi connectivity index (χ3v) is 4.40. The first-order valence-corrected chi connectivity index (χ1v) is 7.54. The van der Waals surface area contributed by atoms with Crippen molar-refractivity contribution in [3.05, 3.63) is 24.3 Å². The molecule has 4 heteroatoms. The van der Waals surface area contributed by atoms with Gasteiger partial charge in [0, 0.05) is 6.04 Å². The zero-order valence-electron chi connectivity index (χ0n) is 11.9. The van der Waals surface area contributed by atoms with E-state index < -0.39 is 6.10 Å². The average molecular weight is 274 g/mol. The predicted molar refractivity (Wildman–Crippen MR) is 78.9 cm³/mol. The van der Waals surface area contributed by atoms with Crippen LogP contribution in [0.1, 0.15) is 32.6 Å². The second-order valence-corrected chi connectivity index (χ2v) is 5.83. The summed E-state index contributed by atoms with van der Waals surface area (Å²) < 4.78 is 5.78. The van der Waals surface area contributed by atoms with E-state index in [-0.39, 0.29) is 11.9 Å². The number of hydrogen-bond acceptors (Lipinski definition) is 3. The lowest BCUT2D eigenvalue weighted by molar-refractivity contribution is -0.128. The van der Waals surface area contributed by atoms with E-state index in [4.69, 9.17) is 4.74 Å². The fourth-order valence-electron chi connectivity index (χ4n) is 3.15. The van der Waals surface area contributed by atoms with E-state index in [2.05, 4.69) is 17.6 Å². The Morgan fingerprint density at radius 1 is 1.35 bits per heavy atom. The molecule has 0 aromatic heterocycles. The average Bonchev–Trinajstić information content (AvgIpc) is 3.01. The van der Waals surface area contributed by atoms with Crippen LogP contribution in [-0.4, -0.2) is 24.6 Å². The van der Waals surface area contributed by atoms with Crippen LogP contribution in [0.25, 0.3) is 0 Å². The highest BCUT2D eigenvalue weighted by Gasteiger charge is 2.29. The summed E-state index contributed by atoms with van der Waals surface area (Å²) in [5.74, 6) is 1.38. The van der Waals surface area contributed by atoms with E-state index in [1.54, 1.807) is 0 Å². The van der Waals surface area contributed by atoms with Gasteiger partial charge in [0.25, 0.3) is 5.91 Å². The highest BCUT2D eigenvalue weighted by atomic mass is 16.5. The summed E-state index contributed by atoms with van der Waals surface area (Å²) in [5.41, 5.74) is 0.959. The van der Waals surface area contributed by atoms with Crippen LogP contribution in [0.3, 0.4) is 0 Å². The molecule has 0 bridgehead atoms. The number of benzene rings is 1. The van der Waals surface area contributed by atoms with Crippen LogP contribution < -0.4 is 15.4 Å². The molecule has 1 aromatic carbocycles. The van der Waals surface area contributed by atoms with Crippen molar-refractivity contribution in [2.24, 2.45) is 5.92 Å². The van der Waals surface area contributed by atoms with E-state index in [1.165, 1.54) is 25.7 Å². The molecule has 2 atom stereocenters. The van der Waals surface area contributed by atoms with Crippen molar-refractivity contribution in [3.63, 3.8) is 0 Å². The van der Waals surface area contributed by atoms with Gasteiger partial charge in [0.1, 0.15) is 5.75 Å². The van der Waals surface area contributed by atoms with Crippen molar-refractivity contribution in [3.8, 4) is 5.75 Å². The zero-order chi connectivity index (χ0) is 13.9. The van der Waals surface area contributed by atoms with Crippen LogP contribution in [0.2, 0.25) is 0 Å². The van der Waals surface area contributed by atoms with Gasteiger partial charge >= 0.3 is 0 Å². The third kappa shape index (κ3) is 2.74. The molecule has 2 N–H and O–H groups in total. The van der Waals surface area contributed by atoms with E-state index in [0.717, 1.165) is 11.4 Å². The van der Waals surface area contributed by atoms with E-state index in [0.29, 0.717) is 12.5 Å². The molecule has 108 valence electrons. The second kappa shape index (κ2) is 5.73. The summed E-state index contributed by atoms with van der Waals surface area (Å²) >= 11 is 0. The first-order valence-electron chi connectivity index (χ1n) is 7.54. The van der Waals surface area contributed by atoms with Crippen LogP contribution in [0.5, 0.6) is 5.75 Å². The molecule has 1 fully saturated rings. The fourth-order valence-corrected chi connectivity index (χ4v) is 3.15. The van der Waals surface area contributed by atoms with E-state index in [1.807, 2.05) is 24.3 Å². The summed E-state index contributed by atoms with van der Waals surface area (Å²) in [6.07, 6.45) is 4.61. The van der Waals surface area contributed by atoms with Crippen molar-refractivity contribution >= 4 is 11.6 Å². The first-order chi connectivity index (χ1) is 9.74. The molecule has 0 spiro atoms. The van der Waals surface area contributed by atoms with Crippen molar-refractivity contribution in [1.82, 2.24) is 5.32 Å². The van der Waals surface area contributed by atoms with Gasteiger partial charge in [-0.25, -0.2) is 0 Å². The fraction of sp³-hybridized carbons (Fsp3) is 0.562. The Labute approximate surface area is 119 Å². The number of para-hydroxylation sites is 2. The van der Waals surface area contributed by atoms with Crippen molar-refractivity contribution in [2.75, 3.05) is 11.9 Å². The van der Waals surface area contributed by atoms with Gasteiger partial charge in [-0.1, -0.05) is 25.0 Å². The molecule has 1 amide bonds. The standard InChI is InChI=1S/C16H22N2O2/c1-11(12-6-2-3-7-12)18-16(19)15-10-17-13-8-4-5-9-14(13)20-15/h4-5,8-9,11-12,15,17H,2-3,6-7,10H2,1H3,(H,18,19)/t11-,15?/m0/s1. The van der Waals surface area contributed by atoms with Crippen LogP contribution in [0.15, 0.2) is 24.3 Å². The number of rotatable bonds is 3. The molecule has 0 radical (unpaired) electrons. The number of anilines is 1. The van der Waals surface area contributed by atoms with Crippen LogP contribution >= 0.6 is 0 Å². The van der Waals surface area contributed by atoms with Crippen LogP contribution in [0, 0.1) is 5.92 Å². The van der Waals surface area contributed by atoms with Gasteiger partial charge in [-0.3, -0.25) is 4.79 Å². The summed E-state index contributed by atoms with van der Waals surface area (Å²) in [6.45, 7) is 2.64. The third-order valence-electron chi connectivity index (χ3n) is 4.40. The Balaban J connectivity index is 1.58. The molecule has 1 heterocycles. The summed E-state index contributed by atoms with van der Waals surface area (Å²) in [7, 11) is 0. The smallest absolute Gasteiger partial charge is 0.263 e. The number of nitrogens with one attached hydrogen (secondary N) is 2. The second-order valence-electron chi connectivity index (χ2n) is 5.83. The molecule has 1 unspecified atom stereocenters. The van der Waals surface area contributed by atoms with E-state index in [9.17, 15) is 4.79 Å². The van der Waals surface area contributed by atoms with Gasteiger partial charge in [-0.2, -0.15) is 0 Å². The molecule has 2 aliphatic rings. The molecular weight excluding hydrogens is 252 g/mol. The monoisotopic (exact) mass is 274 g/mol. The number of amides is 1. The van der Waals surface area contributed by atoms with Gasteiger partial charge in [0.15, 0.2) is 6.10 Å². The minimum absolute atomic E-state index is 0.00796. The highest BCUT2D eigenvalue weighted by molar-refractivity contribution is 5.83. The first kappa shape index (κ1) is 13.3. The van der Waals surface area contributed by atoms with Gasteiger partial charge in [-0.05, 0) is 37.8 Å². The summed E-state index contributed by atoms with van der Waals surface area (Å²) in [4.78, 5) is 12.3. The van der Waals surface area contributed by atoms with Crippen molar-refractivity contribution in [1.29, 1.82) is 0 Å². The Morgan fingerprint density at radius 3 is 2.90 bits per heavy atom. The van der Waals surface area contributed by atoms with Crippen LogP contribution in [0.4, 0.5) is 5.69 Å². The predicted octanol–water partition coefficient (Wildman–Crippen LogP) is 2.55. The molecule has 1 saturated carbocycles. The number of fused-ring (bicyclic) bond motifs is 1. The zero-order valence-corrected chi connectivity index (χ0v) is 11.9. The Bertz CT molecular complexity index is 483. The lowest BCUT2D eigenvalue weighted by Gasteiger charge is -2.28. The summed E-state index contributed by atoms with van der Waals surface area (Å²) in [5, 5.41) is 6.37. The SMILES string of the molecule is C[C@H](NC(=O)C1CNc2ccccc2O1)C1CCCC1. The molecule has 1 aromatic rings. The van der Waals surface area contributed by atoms with Crippen molar-refractivity contribution < 1.29 is 9.53 Å². The number of ether oxygens (including phenoxy) is 1. The summed E-state index contributed by atoms with van der Waals surface area (Å²) in [6, 6.07) is 7.97. The molecule has 3 rings (SSSR count). The molecule has 0 saturated heterocycles. The topological polar surface area (TPSA) is 50.4 Å². The van der Waals surface area contributed by atoms with Gasteiger partial charge in [0.05, 0.1) is 12.2 Å². The number of carbonyl (C=O) groups excluding carboxylic acids is 1. The van der Waals surface area contributed by atoms with Crippen molar-refractivity contribution in [2.45, 2.75) is 44.8 Å². The Hall–Kier alpha value is -1.71. The molecule has 1 aliphatic heterocycles. The van der Waals surface area contributed by atoms with E-state index >= 15 is 0 Å². The Morgan fingerprint density at radius 2 is 2.10 bits per heavy atom. The molecule has 4 nitrogen and oxygen atoms in total. The maximum atomic E-state index is 12.3. The minimum Gasteiger partial charge on any atom is -0.477 e. The van der Waals surface area contributed by atoms with Gasteiger partial charge < -0.3 is 15.4 Å². The maximum absolute atomic E-state index is 12.3. The largest absolute Gasteiger partial charge is 0.477 e. The van der Waals surface area contributed by atoms with Gasteiger partial charge in [-0.15, -0.1) is 0 Å². The minimum atomic E-state index is -0.436. The molecule has 20 heavy (non-hydrogen) atoms. The van der Waals surface area contributed by atoms with Gasteiger partial charge in [0.2, 0.25) is 0 Å². The lowest BCUT2D eigenvalue weighted by Crippen LogP contribution is -2.48. The Kier molecular flexibility index (Phi) is 3.81. The van der Waals surface area contributed by atoms with Crippen LogP contribution in [-0.2, 0) is 4.79 Å². The quantitative estimate of drug-likeness (QED) is 0.890. The maximum Gasteiger partial charge on any atom is 0.263 e. The lowest BCUT2D eigenvalue weighted by atomic mass is 9.99. The molecular formula is C16H22N2O2. The highest BCUT2D eigenvalue weighted by Crippen LogP contribution is 2.29. The molecule has 1 aliphatic carbocycles.